The van der Waals surface area contributed by atoms with E-state index in [2.05, 4.69) is 20.9 Å². The van der Waals surface area contributed by atoms with Gasteiger partial charge in [-0.3, -0.25) is 4.57 Å². The maximum atomic E-state index is 13.1. The lowest BCUT2D eigenvalue weighted by molar-refractivity contribution is 0.0130. The molecular weight excluding hydrogens is 516 g/mol. The van der Waals surface area contributed by atoms with E-state index in [-0.39, 0.29) is 31.3 Å². The second kappa shape index (κ2) is 8.63. The highest BCUT2D eigenvalue weighted by Gasteiger charge is 2.36. The number of carbonyl (C=O) groups excluding carboxylic acids is 1. The second-order valence-corrected chi connectivity index (χ2v) is 10.9. The Balaban J connectivity index is 1.79. The van der Waals surface area contributed by atoms with Gasteiger partial charge in [0.15, 0.2) is 5.75 Å². The van der Waals surface area contributed by atoms with Gasteiger partial charge in [-0.2, -0.15) is 4.98 Å². The van der Waals surface area contributed by atoms with E-state index in [0.717, 1.165) is 0 Å². The van der Waals surface area contributed by atoms with Crippen LogP contribution in [0.1, 0.15) is 34.6 Å². The van der Waals surface area contributed by atoms with E-state index < -0.39 is 17.4 Å². The molecule has 0 aliphatic carbocycles. The highest BCUT2D eigenvalue weighted by atomic mass is 79.9. The molecule has 0 saturated carbocycles. The lowest BCUT2D eigenvalue weighted by Crippen LogP contribution is -2.59. The fourth-order valence-corrected chi connectivity index (χ4v) is 4.91. The zero-order valence-corrected chi connectivity index (χ0v) is 21.6. The van der Waals surface area contributed by atoms with Crippen LogP contribution in [0.15, 0.2) is 15.3 Å². The molecule has 1 fully saturated rings. The highest BCUT2D eigenvalue weighted by molar-refractivity contribution is 9.10. The molecule has 2 aliphatic heterocycles. The Morgan fingerprint density at radius 1 is 1.27 bits per heavy atom. The van der Waals surface area contributed by atoms with E-state index in [1.807, 2.05) is 39.5 Å². The van der Waals surface area contributed by atoms with Gasteiger partial charge in [-0.25, -0.2) is 9.59 Å². The van der Waals surface area contributed by atoms with Gasteiger partial charge in [-0.15, -0.1) is 0 Å². The van der Waals surface area contributed by atoms with E-state index in [9.17, 15) is 14.7 Å². The molecule has 3 atom stereocenters. The molecule has 0 radical (unpaired) electrons. The molecule has 3 heterocycles. The third kappa shape index (κ3) is 4.52. The van der Waals surface area contributed by atoms with E-state index in [4.69, 9.17) is 21.1 Å². The number of hydrogen-bond acceptors (Lipinski definition) is 7. The molecule has 1 aromatic carbocycles. The van der Waals surface area contributed by atoms with Gasteiger partial charge in [-0.1, -0.05) is 11.6 Å². The number of aliphatic hydroxyl groups excluding tert-OH is 1. The minimum absolute atomic E-state index is 0.0342. The number of rotatable bonds is 1. The summed E-state index contributed by atoms with van der Waals surface area (Å²) in [6, 6.07) is 1.44. The Bertz CT molecular complexity index is 1160. The van der Waals surface area contributed by atoms with Crippen molar-refractivity contribution < 1.29 is 19.4 Å². The third-order valence-corrected chi connectivity index (χ3v) is 7.11. The molecule has 1 N–H and O–H groups in total. The smallest absolute Gasteiger partial charge is 0.410 e. The van der Waals surface area contributed by atoms with Crippen LogP contribution in [0.4, 0.5) is 10.6 Å². The van der Waals surface area contributed by atoms with Gasteiger partial charge in [0.05, 0.1) is 21.6 Å². The van der Waals surface area contributed by atoms with Crippen LogP contribution in [0.5, 0.6) is 5.75 Å². The van der Waals surface area contributed by atoms with Crippen molar-refractivity contribution in [1.29, 1.82) is 0 Å². The first kappa shape index (κ1) is 24.1. The van der Waals surface area contributed by atoms with Crippen molar-refractivity contribution in [2.75, 3.05) is 24.6 Å². The SMILES string of the molecule is C[C@@H]1CN(c2nc(=O)n3c4c(c(Br)c(Cl)cc24)OCC(O)C3)[C@@H](C)CN1C(=O)OC(C)(C)C. The van der Waals surface area contributed by atoms with E-state index in [1.54, 1.807) is 11.0 Å². The summed E-state index contributed by atoms with van der Waals surface area (Å²) in [6.45, 7) is 10.4. The van der Waals surface area contributed by atoms with Crippen molar-refractivity contribution in [3.63, 3.8) is 0 Å². The van der Waals surface area contributed by atoms with E-state index >= 15 is 0 Å². The minimum atomic E-state index is -0.854. The van der Waals surface area contributed by atoms with Gasteiger partial charge in [0, 0.05) is 30.6 Å². The Hall–Kier alpha value is -2.04. The summed E-state index contributed by atoms with van der Waals surface area (Å²) in [5.74, 6) is 0.882. The summed E-state index contributed by atoms with van der Waals surface area (Å²) in [5, 5.41) is 11.3. The summed E-state index contributed by atoms with van der Waals surface area (Å²) in [4.78, 5) is 33.9. The number of ether oxygens (including phenoxy) is 2. The molecule has 1 amide bonds. The molecule has 1 unspecified atom stereocenters. The van der Waals surface area contributed by atoms with Gasteiger partial charge in [0.25, 0.3) is 0 Å². The maximum Gasteiger partial charge on any atom is 0.410 e. The van der Waals surface area contributed by atoms with Crippen LogP contribution in [0, 0.1) is 0 Å². The Kier molecular flexibility index (Phi) is 6.30. The quantitative estimate of drug-likeness (QED) is 0.589. The van der Waals surface area contributed by atoms with Crippen molar-refractivity contribution in [3.05, 3.63) is 26.0 Å². The van der Waals surface area contributed by atoms with Crippen LogP contribution in [0.3, 0.4) is 0 Å². The molecule has 180 valence electrons. The van der Waals surface area contributed by atoms with Gasteiger partial charge in [-0.05, 0) is 56.6 Å². The minimum Gasteiger partial charge on any atom is -0.487 e. The normalized spacial score (nSPS) is 23.3. The Labute approximate surface area is 205 Å². The number of amides is 1. The van der Waals surface area contributed by atoms with Gasteiger partial charge >= 0.3 is 11.8 Å². The average molecular weight is 544 g/mol. The lowest BCUT2D eigenvalue weighted by atomic mass is 10.1. The van der Waals surface area contributed by atoms with Crippen LogP contribution in [0.25, 0.3) is 10.9 Å². The van der Waals surface area contributed by atoms with Crippen LogP contribution in [-0.2, 0) is 11.3 Å². The molecular formula is C22H28BrClN4O5. The number of carbonyl (C=O) groups is 1. The van der Waals surface area contributed by atoms with Crippen LogP contribution >= 0.6 is 27.5 Å². The second-order valence-electron chi connectivity index (χ2n) is 9.67. The predicted octanol–water partition coefficient (Wildman–Crippen LogP) is 3.40. The molecule has 1 aromatic heterocycles. The molecule has 2 aliphatic rings. The number of piperazine rings is 1. The third-order valence-electron chi connectivity index (χ3n) is 5.79. The number of hydrogen-bond donors (Lipinski definition) is 1. The van der Waals surface area contributed by atoms with Crippen molar-refractivity contribution in [2.24, 2.45) is 0 Å². The zero-order valence-electron chi connectivity index (χ0n) is 19.3. The van der Waals surface area contributed by atoms with Gasteiger partial charge in [0.1, 0.15) is 24.1 Å². The fourth-order valence-electron chi connectivity index (χ4n) is 4.30. The standard InChI is InChI=1S/C22H28BrClN4O5/c1-11-8-27(21(31)33-22(3,4)5)12(2)7-26(11)19-14-6-15(24)16(23)18-17(14)28(20(30)25-19)9-13(29)10-32-18/h6,11-13,29H,7-10H2,1-5H3/t11-,12+,13?/m0/s1. The van der Waals surface area contributed by atoms with Crippen molar-refractivity contribution in [3.8, 4) is 5.75 Å². The molecule has 0 spiro atoms. The zero-order chi connectivity index (χ0) is 24.2. The first-order valence-electron chi connectivity index (χ1n) is 10.9. The number of aromatic nitrogens is 2. The van der Waals surface area contributed by atoms with Gasteiger partial charge in [0.2, 0.25) is 0 Å². The highest BCUT2D eigenvalue weighted by Crippen LogP contribution is 2.43. The number of nitrogens with zero attached hydrogens (tertiary/aromatic N) is 4. The summed E-state index contributed by atoms with van der Waals surface area (Å²) in [6.07, 6.45) is -1.22. The van der Waals surface area contributed by atoms with E-state index in [0.29, 0.717) is 45.1 Å². The average Bonchev–Trinajstić information content (AvgIpc) is 2.88. The fraction of sp³-hybridized carbons (Fsp3) is 0.591. The summed E-state index contributed by atoms with van der Waals surface area (Å²) in [7, 11) is 0. The first-order valence-corrected chi connectivity index (χ1v) is 12.0. The molecule has 1 saturated heterocycles. The molecule has 33 heavy (non-hydrogen) atoms. The van der Waals surface area contributed by atoms with Gasteiger partial charge < -0.3 is 24.4 Å². The first-order chi connectivity index (χ1) is 15.4. The topological polar surface area (TPSA) is 97.1 Å². The van der Waals surface area contributed by atoms with E-state index in [1.165, 1.54) is 4.57 Å². The largest absolute Gasteiger partial charge is 0.487 e. The van der Waals surface area contributed by atoms with Crippen molar-refractivity contribution in [2.45, 2.75) is 65.0 Å². The summed E-state index contributed by atoms with van der Waals surface area (Å²) < 4.78 is 13.3. The predicted molar refractivity (Wildman–Crippen MR) is 129 cm³/mol. The molecule has 11 heteroatoms. The summed E-state index contributed by atoms with van der Waals surface area (Å²) >= 11 is 9.94. The van der Waals surface area contributed by atoms with Crippen LogP contribution in [0.2, 0.25) is 5.02 Å². The molecule has 4 rings (SSSR count). The molecule has 0 bridgehead atoms. The number of benzene rings is 1. The van der Waals surface area contributed by atoms with Crippen LogP contribution < -0.4 is 15.3 Å². The van der Waals surface area contributed by atoms with Crippen molar-refractivity contribution in [1.82, 2.24) is 14.5 Å². The monoisotopic (exact) mass is 542 g/mol. The summed E-state index contributed by atoms with van der Waals surface area (Å²) in [5.41, 5.74) is -0.532. The van der Waals surface area contributed by atoms with Crippen LogP contribution in [-0.4, -0.2) is 69.1 Å². The number of halogens is 2. The van der Waals surface area contributed by atoms with Crippen molar-refractivity contribution >= 4 is 50.3 Å². The Morgan fingerprint density at radius 3 is 2.64 bits per heavy atom. The molecule has 9 nitrogen and oxygen atoms in total. The Morgan fingerprint density at radius 2 is 1.97 bits per heavy atom. The number of aliphatic hydroxyl groups is 1. The number of anilines is 1. The lowest BCUT2D eigenvalue weighted by Gasteiger charge is -2.45. The molecule has 2 aromatic rings. The maximum absolute atomic E-state index is 13.1.